The summed E-state index contributed by atoms with van der Waals surface area (Å²) in [6.07, 6.45) is 1.62. The van der Waals surface area contributed by atoms with Crippen molar-refractivity contribution in [2.45, 2.75) is 12.6 Å². The summed E-state index contributed by atoms with van der Waals surface area (Å²) in [6.45, 7) is 0.230. The monoisotopic (exact) mass is 285 g/mol. The van der Waals surface area contributed by atoms with E-state index >= 15 is 0 Å². The molecule has 0 fully saturated rings. The van der Waals surface area contributed by atoms with Crippen LogP contribution in [-0.4, -0.2) is 22.1 Å². The van der Waals surface area contributed by atoms with Gasteiger partial charge in [-0.1, -0.05) is 36.4 Å². The van der Waals surface area contributed by atoms with Gasteiger partial charge in [-0.25, -0.2) is 9.59 Å². The number of carbonyl (C=O) groups excluding carboxylic acids is 1. The number of amides is 2. The van der Waals surface area contributed by atoms with E-state index in [1.54, 1.807) is 48.7 Å². The highest BCUT2D eigenvalue weighted by molar-refractivity contribution is 5.83. The molecule has 6 heteroatoms. The molecule has 0 unspecified atom stereocenters. The Balaban J connectivity index is 1.95. The Kier molecular flexibility index (Phi) is 4.87. The molecule has 1 aromatic carbocycles. The normalized spacial score (nSPS) is 11.4. The maximum atomic E-state index is 11.8. The number of aromatic nitrogens is 1. The van der Waals surface area contributed by atoms with Gasteiger partial charge in [0.05, 0.1) is 12.2 Å². The Morgan fingerprint density at radius 1 is 1.10 bits per heavy atom. The molecule has 0 bridgehead atoms. The Morgan fingerprint density at radius 3 is 2.43 bits per heavy atom. The third-order valence-electron chi connectivity index (χ3n) is 2.81. The van der Waals surface area contributed by atoms with Gasteiger partial charge in [-0.15, -0.1) is 0 Å². The molecule has 0 aliphatic rings. The predicted octanol–water partition coefficient (Wildman–Crippen LogP) is 1.71. The summed E-state index contributed by atoms with van der Waals surface area (Å²) in [7, 11) is 0. The first kappa shape index (κ1) is 14.5. The molecule has 0 saturated carbocycles. The molecule has 2 amide bonds. The number of carboxylic acids is 1. The van der Waals surface area contributed by atoms with Crippen LogP contribution in [0.1, 0.15) is 17.3 Å². The summed E-state index contributed by atoms with van der Waals surface area (Å²) in [5.74, 6) is -1.12. The Hall–Kier alpha value is -2.89. The van der Waals surface area contributed by atoms with E-state index in [4.69, 9.17) is 0 Å². The molecule has 1 heterocycles. The lowest BCUT2D eigenvalue weighted by molar-refractivity contribution is -0.139. The highest BCUT2D eigenvalue weighted by Gasteiger charge is 2.21. The van der Waals surface area contributed by atoms with Crippen molar-refractivity contribution in [3.63, 3.8) is 0 Å². The van der Waals surface area contributed by atoms with Gasteiger partial charge in [-0.05, 0) is 17.7 Å². The van der Waals surface area contributed by atoms with Crippen molar-refractivity contribution < 1.29 is 14.7 Å². The van der Waals surface area contributed by atoms with Gasteiger partial charge in [0, 0.05) is 6.20 Å². The lowest BCUT2D eigenvalue weighted by atomic mass is 10.1. The molecule has 0 spiro atoms. The number of benzene rings is 1. The number of pyridine rings is 1. The maximum absolute atomic E-state index is 11.8. The second kappa shape index (κ2) is 7.04. The minimum atomic E-state index is -1.12. The average Bonchev–Trinajstić information content (AvgIpc) is 2.52. The number of urea groups is 1. The largest absolute Gasteiger partial charge is 0.479 e. The number of nitrogens with one attached hydrogen (secondary N) is 2. The first-order valence-corrected chi connectivity index (χ1v) is 6.39. The predicted molar refractivity (Wildman–Crippen MR) is 76.4 cm³/mol. The highest BCUT2D eigenvalue weighted by atomic mass is 16.4. The summed E-state index contributed by atoms with van der Waals surface area (Å²) in [5.41, 5.74) is 1.21. The number of hydrogen-bond acceptors (Lipinski definition) is 3. The molecule has 1 aromatic heterocycles. The van der Waals surface area contributed by atoms with Gasteiger partial charge in [-0.2, -0.15) is 0 Å². The Morgan fingerprint density at radius 2 is 1.81 bits per heavy atom. The molecule has 0 radical (unpaired) electrons. The minimum absolute atomic E-state index is 0.230. The molecular weight excluding hydrogens is 270 g/mol. The zero-order valence-corrected chi connectivity index (χ0v) is 11.2. The molecule has 1 atom stereocenters. The lowest BCUT2D eigenvalue weighted by Crippen LogP contribution is -2.40. The van der Waals surface area contributed by atoms with E-state index in [2.05, 4.69) is 15.6 Å². The molecule has 2 rings (SSSR count). The first-order chi connectivity index (χ1) is 10.2. The zero-order chi connectivity index (χ0) is 15.1. The molecule has 3 N–H and O–H groups in total. The lowest BCUT2D eigenvalue weighted by Gasteiger charge is -2.15. The van der Waals surface area contributed by atoms with Crippen LogP contribution in [0.3, 0.4) is 0 Å². The summed E-state index contributed by atoms with van der Waals surface area (Å²) >= 11 is 0. The fourth-order valence-electron chi connectivity index (χ4n) is 1.79. The molecule has 0 aliphatic carbocycles. The highest BCUT2D eigenvalue weighted by Crippen LogP contribution is 2.12. The number of hydrogen-bond donors (Lipinski definition) is 3. The fourth-order valence-corrected chi connectivity index (χ4v) is 1.79. The van der Waals surface area contributed by atoms with Crippen LogP contribution in [0.5, 0.6) is 0 Å². The Labute approximate surface area is 121 Å². The topological polar surface area (TPSA) is 91.3 Å². The first-order valence-electron chi connectivity index (χ1n) is 6.39. The number of carbonyl (C=O) groups is 2. The number of carboxylic acid groups (broad SMARTS) is 1. The summed E-state index contributed by atoms with van der Waals surface area (Å²) in [6, 6.07) is 12.2. The SMILES string of the molecule is O=C(NCc1ccccn1)N[C@@H](C(=O)O)c1ccccc1. The quantitative estimate of drug-likeness (QED) is 0.780. The molecule has 21 heavy (non-hydrogen) atoms. The van der Waals surface area contributed by atoms with Gasteiger partial charge in [0.1, 0.15) is 0 Å². The zero-order valence-electron chi connectivity index (χ0n) is 11.2. The van der Waals surface area contributed by atoms with Gasteiger partial charge in [0.2, 0.25) is 0 Å². The molecule has 108 valence electrons. The van der Waals surface area contributed by atoms with Crippen molar-refractivity contribution in [1.82, 2.24) is 15.6 Å². The van der Waals surface area contributed by atoms with Crippen molar-refractivity contribution in [2.75, 3.05) is 0 Å². The van der Waals surface area contributed by atoms with Crippen molar-refractivity contribution in [3.05, 3.63) is 66.0 Å². The van der Waals surface area contributed by atoms with E-state index in [0.717, 1.165) is 0 Å². The third kappa shape index (κ3) is 4.31. The van der Waals surface area contributed by atoms with E-state index in [0.29, 0.717) is 11.3 Å². The van der Waals surface area contributed by atoms with Gasteiger partial charge in [0.25, 0.3) is 0 Å². The maximum Gasteiger partial charge on any atom is 0.330 e. The standard InChI is InChI=1S/C15H15N3O3/c19-14(20)13(11-6-2-1-3-7-11)18-15(21)17-10-12-8-4-5-9-16-12/h1-9,13H,10H2,(H,19,20)(H2,17,18,21)/t13-/m1/s1. The number of nitrogens with zero attached hydrogens (tertiary/aromatic N) is 1. The number of rotatable bonds is 5. The van der Waals surface area contributed by atoms with Gasteiger partial charge in [0.15, 0.2) is 6.04 Å². The third-order valence-corrected chi connectivity index (χ3v) is 2.81. The molecule has 0 aliphatic heterocycles. The van der Waals surface area contributed by atoms with Crippen molar-refractivity contribution in [3.8, 4) is 0 Å². The molecule has 6 nitrogen and oxygen atoms in total. The van der Waals surface area contributed by atoms with Crippen molar-refractivity contribution in [1.29, 1.82) is 0 Å². The molecule has 2 aromatic rings. The van der Waals surface area contributed by atoms with Crippen LogP contribution in [0.2, 0.25) is 0 Å². The van der Waals surface area contributed by atoms with Gasteiger partial charge < -0.3 is 15.7 Å². The second-order valence-corrected chi connectivity index (χ2v) is 4.33. The van der Waals surface area contributed by atoms with Crippen LogP contribution in [0.25, 0.3) is 0 Å². The van der Waals surface area contributed by atoms with E-state index in [1.807, 2.05) is 6.07 Å². The molecular formula is C15H15N3O3. The van der Waals surface area contributed by atoms with Crippen LogP contribution < -0.4 is 10.6 Å². The van der Waals surface area contributed by atoms with Crippen LogP contribution in [0.4, 0.5) is 4.79 Å². The van der Waals surface area contributed by atoms with E-state index in [1.165, 1.54) is 0 Å². The minimum Gasteiger partial charge on any atom is -0.479 e. The van der Waals surface area contributed by atoms with Gasteiger partial charge >= 0.3 is 12.0 Å². The Bertz CT molecular complexity index is 602. The van der Waals surface area contributed by atoms with Crippen LogP contribution in [0.15, 0.2) is 54.7 Å². The van der Waals surface area contributed by atoms with E-state index in [9.17, 15) is 14.7 Å². The van der Waals surface area contributed by atoms with Crippen molar-refractivity contribution in [2.24, 2.45) is 0 Å². The van der Waals surface area contributed by atoms with Gasteiger partial charge in [-0.3, -0.25) is 4.98 Å². The van der Waals surface area contributed by atoms with Crippen molar-refractivity contribution >= 4 is 12.0 Å². The van der Waals surface area contributed by atoms with Crippen LogP contribution in [-0.2, 0) is 11.3 Å². The van der Waals surface area contributed by atoms with Crippen LogP contribution >= 0.6 is 0 Å². The second-order valence-electron chi connectivity index (χ2n) is 4.33. The summed E-state index contributed by atoms with van der Waals surface area (Å²) in [4.78, 5) is 27.1. The summed E-state index contributed by atoms with van der Waals surface area (Å²) in [5, 5.41) is 14.2. The number of aliphatic carboxylic acids is 1. The fraction of sp³-hybridized carbons (Fsp3) is 0.133. The average molecular weight is 285 g/mol. The summed E-state index contributed by atoms with van der Waals surface area (Å²) < 4.78 is 0. The smallest absolute Gasteiger partial charge is 0.330 e. The molecule has 0 saturated heterocycles. The van der Waals surface area contributed by atoms with E-state index < -0.39 is 18.0 Å². The van der Waals surface area contributed by atoms with E-state index in [-0.39, 0.29) is 6.54 Å². The van der Waals surface area contributed by atoms with Crippen LogP contribution in [0, 0.1) is 0 Å².